The van der Waals surface area contributed by atoms with E-state index in [1.165, 1.54) is 25.8 Å². The van der Waals surface area contributed by atoms with Crippen LogP contribution >= 0.6 is 0 Å². The van der Waals surface area contributed by atoms with Crippen LogP contribution in [0.5, 0.6) is 0 Å². The Balaban J connectivity index is 2.29. The zero-order valence-corrected chi connectivity index (χ0v) is 7.97. The Labute approximate surface area is 75.1 Å². The van der Waals surface area contributed by atoms with Crippen LogP contribution in [-0.2, 0) is 0 Å². The van der Waals surface area contributed by atoms with Gasteiger partial charge in [-0.25, -0.2) is 0 Å². The quantitative estimate of drug-likeness (QED) is 0.561. The van der Waals surface area contributed by atoms with Gasteiger partial charge in [-0.15, -0.1) is 0 Å². The summed E-state index contributed by atoms with van der Waals surface area (Å²) in [6.45, 7) is 1.96. The zero-order valence-electron chi connectivity index (χ0n) is 7.97. The van der Waals surface area contributed by atoms with Gasteiger partial charge in [0.2, 0.25) is 0 Å². The third-order valence-electron chi connectivity index (χ3n) is 2.68. The van der Waals surface area contributed by atoms with E-state index in [1.54, 1.807) is 0 Å². The third kappa shape index (κ3) is 2.73. The molecule has 0 saturated carbocycles. The normalized spacial score (nSPS) is 27.0. The largest absolute Gasteiger partial charge is 0.330 e. The summed E-state index contributed by atoms with van der Waals surface area (Å²) in [6.07, 6.45) is 5.07. The molecule has 1 fully saturated rings. The molecule has 1 aliphatic rings. The Bertz CT molecular complexity index is 108. The molecule has 0 spiro atoms. The second kappa shape index (κ2) is 5.51. The van der Waals surface area contributed by atoms with Crippen molar-refractivity contribution in [1.29, 1.82) is 0 Å². The van der Waals surface area contributed by atoms with Crippen molar-refractivity contribution < 1.29 is 0 Å². The highest BCUT2D eigenvalue weighted by atomic mass is 15.0. The van der Waals surface area contributed by atoms with Gasteiger partial charge in [0, 0.05) is 12.1 Å². The summed E-state index contributed by atoms with van der Waals surface area (Å²) in [6, 6.07) is 1.21. The molecule has 0 aromatic rings. The van der Waals surface area contributed by atoms with Crippen molar-refractivity contribution in [2.24, 2.45) is 5.73 Å². The maximum absolute atomic E-state index is 5.54. The number of piperidine rings is 1. The van der Waals surface area contributed by atoms with Crippen LogP contribution in [0.2, 0.25) is 0 Å². The molecule has 0 aliphatic carbocycles. The van der Waals surface area contributed by atoms with Gasteiger partial charge in [-0.05, 0) is 39.4 Å². The van der Waals surface area contributed by atoms with Crippen LogP contribution in [0.4, 0.5) is 0 Å². The lowest BCUT2D eigenvalue weighted by Gasteiger charge is -2.30. The van der Waals surface area contributed by atoms with E-state index in [0.717, 1.165) is 13.0 Å². The molecule has 0 amide bonds. The molecule has 0 bridgehead atoms. The van der Waals surface area contributed by atoms with Gasteiger partial charge < -0.3 is 16.4 Å². The molecule has 72 valence electrons. The van der Waals surface area contributed by atoms with E-state index in [9.17, 15) is 0 Å². The van der Waals surface area contributed by atoms with Crippen molar-refractivity contribution in [3.8, 4) is 0 Å². The van der Waals surface area contributed by atoms with Crippen LogP contribution in [0.25, 0.3) is 0 Å². The van der Waals surface area contributed by atoms with Crippen LogP contribution in [-0.4, -0.2) is 32.2 Å². The molecule has 3 nitrogen and oxygen atoms in total. The van der Waals surface area contributed by atoms with Crippen LogP contribution < -0.4 is 16.4 Å². The molecule has 3 heteroatoms. The average molecular weight is 171 g/mol. The van der Waals surface area contributed by atoms with E-state index < -0.39 is 0 Å². The van der Waals surface area contributed by atoms with Gasteiger partial charge >= 0.3 is 0 Å². The Morgan fingerprint density at radius 3 is 2.92 bits per heavy atom. The first-order valence-electron chi connectivity index (χ1n) is 4.99. The Kier molecular flexibility index (Phi) is 4.58. The minimum atomic E-state index is 0.565. The maximum Gasteiger partial charge on any atom is 0.0230 e. The number of hydrogen-bond acceptors (Lipinski definition) is 3. The Hall–Kier alpha value is -0.120. The molecule has 0 radical (unpaired) electrons. The first kappa shape index (κ1) is 9.96. The molecular formula is C9H21N3. The Morgan fingerprint density at radius 1 is 1.58 bits per heavy atom. The standard InChI is InChI=1S/C9H21N3/c1-11-8(5-6-10)9-4-2-3-7-12-9/h8-9,11-12H,2-7,10H2,1H3. The fraction of sp³-hybridized carbons (Fsp3) is 1.00. The average Bonchev–Trinajstić information content (AvgIpc) is 2.15. The lowest BCUT2D eigenvalue weighted by molar-refractivity contribution is 0.313. The smallest absolute Gasteiger partial charge is 0.0230 e. The number of hydrogen-bond donors (Lipinski definition) is 3. The predicted molar refractivity (Wildman–Crippen MR) is 52.2 cm³/mol. The van der Waals surface area contributed by atoms with E-state index in [-0.39, 0.29) is 0 Å². The maximum atomic E-state index is 5.54. The van der Waals surface area contributed by atoms with Crippen molar-refractivity contribution in [1.82, 2.24) is 10.6 Å². The first-order valence-corrected chi connectivity index (χ1v) is 4.99. The fourth-order valence-corrected chi connectivity index (χ4v) is 1.95. The highest BCUT2D eigenvalue weighted by Gasteiger charge is 2.20. The van der Waals surface area contributed by atoms with Crippen molar-refractivity contribution in [3.05, 3.63) is 0 Å². The van der Waals surface area contributed by atoms with Gasteiger partial charge in [0.25, 0.3) is 0 Å². The second-order valence-electron chi connectivity index (χ2n) is 3.53. The van der Waals surface area contributed by atoms with Gasteiger partial charge in [-0.1, -0.05) is 6.42 Å². The zero-order chi connectivity index (χ0) is 8.81. The molecule has 1 heterocycles. The van der Waals surface area contributed by atoms with Crippen molar-refractivity contribution in [2.75, 3.05) is 20.1 Å². The van der Waals surface area contributed by atoms with E-state index in [1.807, 2.05) is 7.05 Å². The minimum Gasteiger partial charge on any atom is -0.330 e. The third-order valence-corrected chi connectivity index (χ3v) is 2.68. The van der Waals surface area contributed by atoms with E-state index in [0.29, 0.717) is 12.1 Å². The summed E-state index contributed by atoms with van der Waals surface area (Å²) in [5, 5.41) is 6.87. The van der Waals surface area contributed by atoms with Gasteiger partial charge in [0.1, 0.15) is 0 Å². The number of nitrogens with two attached hydrogens (primary N) is 1. The van der Waals surface area contributed by atoms with Gasteiger partial charge in [-0.2, -0.15) is 0 Å². The summed E-state index contributed by atoms with van der Waals surface area (Å²) in [4.78, 5) is 0. The monoisotopic (exact) mass is 171 g/mol. The highest BCUT2D eigenvalue weighted by molar-refractivity contribution is 4.83. The molecule has 1 aliphatic heterocycles. The van der Waals surface area contributed by atoms with Crippen molar-refractivity contribution >= 4 is 0 Å². The molecular weight excluding hydrogens is 150 g/mol. The highest BCUT2D eigenvalue weighted by Crippen LogP contribution is 2.11. The lowest BCUT2D eigenvalue weighted by Crippen LogP contribution is -2.49. The number of nitrogens with one attached hydrogen (secondary N) is 2. The molecule has 2 atom stereocenters. The molecule has 0 aromatic carbocycles. The molecule has 4 N–H and O–H groups in total. The van der Waals surface area contributed by atoms with Crippen LogP contribution in [0, 0.1) is 0 Å². The first-order chi connectivity index (χ1) is 5.88. The second-order valence-corrected chi connectivity index (χ2v) is 3.53. The van der Waals surface area contributed by atoms with Crippen LogP contribution in [0.3, 0.4) is 0 Å². The van der Waals surface area contributed by atoms with Crippen LogP contribution in [0.1, 0.15) is 25.7 Å². The van der Waals surface area contributed by atoms with Crippen molar-refractivity contribution in [2.45, 2.75) is 37.8 Å². The van der Waals surface area contributed by atoms with Gasteiger partial charge in [-0.3, -0.25) is 0 Å². The molecule has 1 saturated heterocycles. The van der Waals surface area contributed by atoms with Crippen molar-refractivity contribution in [3.63, 3.8) is 0 Å². The summed E-state index contributed by atoms with van der Waals surface area (Å²) < 4.78 is 0. The SMILES string of the molecule is CNC(CCN)C1CCCCN1. The fourth-order valence-electron chi connectivity index (χ4n) is 1.95. The lowest BCUT2D eigenvalue weighted by atomic mass is 9.96. The number of rotatable bonds is 4. The van der Waals surface area contributed by atoms with Gasteiger partial charge in [0.05, 0.1) is 0 Å². The topological polar surface area (TPSA) is 50.1 Å². The van der Waals surface area contributed by atoms with E-state index >= 15 is 0 Å². The summed E-state index contributed by atoms with van der Waals surface area (Å²) >= 11 is 0. The molecule has 12 heavy (non-hydrogen) atoms. The van der Waals surface area contributed by atoms with E-state index in [4.69, 9.17) is 5.73 Å². The molecule has 0 aromatic heterocycles. The Morgan fingerprint density at radius 2 is 2.42 bits per heavy atom. The molecule has 1 rings (SSSR count). The summed E-state index contributed by atoms with van der Waals surface area (Å²) in [5.41, 5.74) is 5.54. The van der Waals surface area contributed by atoms with Gasteiger partial charge in [0.15, 0.2) is 0 Å². The number of likely N-dealkylation sites (N-methyl/N-ethyl adjacent to an activating group) is 1. The van der Waals surface area contributed by atoms with Crippen LogP contribution in [0.15, 0.2) is 0 Å². The molecule has 2 unspecified atom stereocenters. The van der Waals surface area contributed by atoms with E-state index in [2.05, 4.69) is 10.6 Å². The minimum absolute atomic E-state index is 0.565. The summed E-state index contributed by atoms with van der Waals surface area (Å²) in [7, 11) is 2.02. The summed E-state index contributed by atoms with van der Waals surface area (Å²) in [5.74, 6) is 0. The predicted octanol–water partition coefficient (Wildman–Crippen LogP) is 0.0653.